The van der Waals surface area contributed by atoms with Crippen molar-refractivity contribution in [3.05, 3.63) is 0 Å². The van der Waals surface area contributed by atoms with Crippen LogP contribution in [0.3, 0.4) is 0 Å². The van der Waals surface area contributed by atoms with E-state index in [2.05, 4.69) is 32.6 Å². The zero-order chi connectivity index (χ0) is 15.2. The van der Waals surface area contributed by atoms with Crippen LogP contribution in [0.25, 0.3) is 0 Å². The van der Waals surface area contributed by atoms with Gasteiger partial charge in [-0.3, -0.25) is 5.43 Å². The lowest BCUT2D eigenvalue weighted by Gasteiger charge is -2.28. The summed E-state index contributed by atoms with van der Waals surface area (Å²) in [6.45, 7) is 7.57. The molecule has 2 rings (SSSR count). The van der Waals surface area contributed by atoms with E-state index < -0.39 is 0 Å². The minimum atomic E-state index is -0.0150. The summed E-state index contributed by atoms with van der Waals surface area (Å²) in [5.74, 6) is 6.68. The molecule has 1 aliphatic heterocycles. The third-order valence-electron chi connectivity index (χ3n) is 3.41. The molecule has 1 atom stereocenters. The number of anilines is 2. The average molecular weight is 296 g/mol. The first-order valence-corrected chi connectivity index (χ1v) is 7.32. The van der Waals surface area contributed by atoms with E-state index in [1.807, 2.05) is 13.8 Å². The molecule has 4 N–H and O–H groups in total. The fourth-order valence-corrected chi connectivity index (χ4v) is 2.29. The second kappa shape index (κ2) is 7.37. The van der Waals surface area contributed by atoms with Crippen LogP contribution in [0.15, 0.2) is 0 Å². The Morgan fingerprint density at radius 1 is 1.14 bits per heavy atom. The third kappa shape index (κ3) is 4.68. The SMILES string of the molecule is CC(C)Oc1nc(NN)nc(NC(C)C2CCOCC2)n1. The molecule has 0 saturated carbocycles. The maximum atomic E-state index is 5.51. The molecule has 8 nitrogen and oxygen atoms in total. The monoisotopic (exact) mass is 296 g/mol. The first kappa shape index (κ1) is 15.7. The largest absolute Gasteiger partial charge is 0.461 e. The highest BCUT2D eigenvalue weighted by Crippen LogP contribution is 2.21. The minimum absolute atomic E-state index is 0.0150. The van der Waals surface area contributed by atoms with E-state index in [-0.39, 0.29) is 24.1 Å². The number of nitrogens with one attached hydrogen (secondary N) is 2. The highest BCUT2D eigenvalue weighted by Gasteiger charge is 2.21. The number of hydrogen-bond acceptors (Lipinski definition) is 8. The molecule has 1 saturated heterocycles. The van der Waals surface area contributed by atoms with Crippen LogP contribution in [0.5, 0.6) is 6.01 Å². The number of ether oxygens (including phenoxy) is 2. The molecule has 118 valence electrons. The maximum Gasteiger partial charge on any atom is 0.323 e. The fraction of sp³-hybridized carbons (Fsp3) is 0.769. The van der Waals surface area contributed by atoms with Crippen LogP contribution in [0.4, 0.5) is 11.9 Å². The summed E-state index contributed by atoms with van der Waals surface area (Å²) in [6.07, 6.45) is 2.06. The fourth-order valence-electron chi connectivity index (χ4n) is 2.29. The van der Waals surface area contributed by atoms with Crippen molar-refractivity contribution in [2.75, 3.05) is 24.0 Å². The van der Waals surface area contributed by atoms with Gasteiger partial charge in [-0.1, -0.05) is 0 Å². The van der Waals surface area contributed by atoms with E-state index in [0.29, 0.717) is 11.9 Å². The number of rotatable bonds is 6. The Balaban J connectivity index is 2.06. The molecule has 1 aromatic rings. The van der Waals surface area contributed by atoms with E-state index in [4.69, 9.17) is 15.3 Å². The van der Waals surface area contributed by atoms with Gasteiger partial charge in [0, 0.05) is 19.3 Å². The first-order chi connectivity index (χ1) is 10.1. The van der Waals surface area contributed by atoms with E-state index in [0.717, 1.165) is 26.1 Å². The van der Waals surface area contributed by atoms with Gasteiger partial charge in [0.15, 0.2) is 0 Å². The van der Waals surface area contributed by atoms with Crippen LogP contribution in [0.1, 0.15) is 33.6 Å². The van der Waals surface area contributed by atoms with Gasteiger partial charge < -0.3 is 14.8 Å². The zero-order valence-electron chi connectivity index (χ0n) is 12.8. The summed E-state index contributed by atoms with van der Waals surface area (Å²) >= 11 is 0. The smallest absolute Gasteiger partial charge is 0.323 e. The minimum Gasteiger partial charge on any atom is -0.461 e. The molecule has 0 amide bonds. The lowest BCUT2D eigenvalue weighted by atomic mass is 9.93. The summed E-state index contributed by atoms with van der Waals surface area (Å²) in [5, 5.41) is 3.31. The number of hydrogen-bond donors (Lipinski definition) is 3. The van der Waals surface area contributed by atoms with Crippen molar-refractivity contribution in [1.29, 1.82) is 0 Å². The number of nitrogens with two attached hydrogens (primary N) is 1. The molecule has 0 aliphatic carbocycles. The zero-order valence-corrected chi connectivity index (χ0v) is 12.8. The Kier molecular flexibility index (Phi) is 5.51. The maximum absolute atomic E-state index is 5.51. The predicted octanol–water partition coefficient (Wildman–Crippen LogP) is 1.17. The van der Waals surface area contributed by atoms with E-state index in [9.17, 15) is 0 Å². The third-order valence-corrected chi connectivity index (χ3v) is 3.41. The van der Waals surface area contributed by atoms with E-state index >= 15 is 0 Å². The van der Waals surface area contributed by atoms with E-state index in [1.54, 1.807) is 0 Å². The Morgan fingerprint density at radius 3 is 2.43 bits per heavy atom. The first-order valence-electron chi connectivity index (χ1n) is 7.32. The number of nitrogen functional groups attached to an aromatic ring is 1. The molecule has 1 unspecified atom stereocenters. The van der Waals surface area contributed by atoms with Gasteiger partial charge in [-0.25, -0.2) is 5.84 Å². The number of hydrazine groups is 1. The van der Waals surface area contributed by atoms with Gasteiger partial charge in [0.1, 0.15) is 0 Å². The highest BCUT2D eigenvalue weighted by molar-refractivity contribution is 5.35. The summed E-state index contributed by atoms with van der Waals surface area (Å²) < 4.78 is 10.9. The van der Waals surface area contributed by atoms with Crippen LogP contribution in [-0.4, -0.2) is 40.3 Å². The molecule has 1 fully saturated rings. The Bertz CT molecular complexity index is 450. The van der Waals surface area contributed by atoms with Crippen molar-refractivity contribution in [2.45, 2.75) is 45.8 Å². The molecule has 0 aromatic carbocycles. The molecule has 8 heteroatoms. The highest BCUT2D eigenvalue weighted by atomic mass is 16.5. The molecule has 0 spiro atoms. The van der Waals surface area contributed by atoms with Gasteiger partial charge in [0.2, 0.25) is 11.9 Å². The molecule has 0 radical (unpaired) electrons. The van der Waals surface area contributed by atoms with Gasteiger partial charge in [-0.15, -0.1) is 0 Å². The van der Waals surface area contributed by atoms with Crippen molar-refractivity contribution in [3.63, 3.8) is 0 Å². The van der Waals surface area contributed by atoms with Crippen molar-refractivity contribution in [1.82, 2.24) is 15.0 Å². The summed E-state index contributed by atoms with van der Waals surface area (Å²) in [4.78, 5) is 12.6. The van der Waals surface area contributed by atoms with Crippen LogP contribution >= 0.6 is 0 Å². The molecule has 1 aliphatic rings. The predicted molar refractivity (Wildman–Crippen MR) is 80.0 cm³/mol. The van der Waals surface area contributed by atoms with Crippen LogP contribution < -0.4 is 21.3 Å². The standard InChI is InChI=1S/C13H24N6O2/c1-8(2)21-13-17-11(16-12(18-13)19-14)15-9(3)10-4-6-20-7-5-10/h8-10H,4-7,14H2,1-3H3,(H2,15,16,17,18,19). The van der Waals surface area contributed by atoms with Gasteiger partial charge in [0.05, 0.1) is 6.10 Å². The van der Waals surface area contributed by atoms with Crippen molar-refractivity contribution in [3.8, 4) is 6.01 Å². The topological polar surface area (TPSA) is 107 Å². The molecule has 2 heterocycles. The van der Waals surface area contributed by atoms with E-state index in [1.165, 1.54) is 0 Å². The normalized spacial score (nSPS) is 17.6. The van der Waals surface area contributed by atoms with Gasteiger partial charge in [-0.2, -0.15) is 15.0 Å². The van der Waals surface area contributed by atoms with Crippen molar-refractivity contribution in [2.24, 2.45) is 11.8 Å². The van der Waals surface area contributed by atoms with Crippen molar-refractivity contribution < 1.29 is 9.47 Å². The number of nitrogens with zero attached hydrogens (tertiary/aromatic N) is 3. The quantitative estimate of drug-likeness (QED) is 0.530. The molecular weight excluding hydrogens is 272 g/mol. The molecule has 0 bridgehead atoms. The van der Waals surface area contributed by atoms with Gasteiger partial charge >= 0.3 is 6.01 Å². The lowest BCUT2D eigenvalue weighted by Crippen LogP contribution is -2.32. The van der Waals surface area contributed by atoms with Crippen LogP contribution in [0, 0.1) is 5.92 Å². The second-order valence-electron chi connectivity index (χ2n) is 5.46. The molecule has 21 heavy (non-hydrogen) atoms. The second-order valence-corrected chi connectivity index (χ2v) is 5.46. The van der Waals surface area contributed by atoms with Gasteiger partial charge in [-0.05, 0) is 39.5 Å². The van der Waals surface area contributed by atoms with Crippen LogP contribution in [0.2, 0.25) is 0 Å². The average Bonchev–Trinajstić information content (AvgIpc) is 2.47. The Hall–Kier alpha value is -1.67. The molecule has 1 aromatic heterocycles. The van der Waals surface area contributed by atoms with Crippen LogP contribution in [-0.2, 0) is 4.74 Å². The summed E-state index contributed by atoms with van der Waals surface area (Å²) in [7, 11) is 0. The Morgan fingerprint density at radius 2 is 1.81 bits per heavy atom. The number of aromatic nitrogens is 3. The summed E-state index contributed by atoms with van der Waals surface area (Å²) in [5.41, 5.74) is 2.43. The lowest BCUT2D eigenvalue weighted by molar-refractivity contribution is 0.0621. The Labute approximate surface area is 124 Å². The summed E-state index contributed by atoms with van der Waals surface area (Å²) in [6, 6.07) is 0.503. The van der Waals surface area contributed by atoms with Gasteiger partial charge in [0.25, 0.3) is 0 Å². The molecular formula is C13H24N6O2. The van der Waals surface area contributed by atoms with Crippen molar-refractivity contribution >= 4 is 11.9 Å².